The zero-order valence-electron chi connectivity index (χ0n) is 15.2. The third kappa shape index (κ3) is 3.75. The first-order valence-electron chi connectivity index (χ1n) is 8.82. The molecule has 0 bridgehead atoms. The van der Waals surface area contributed by atoms with E-state index < -0.39 is 0 Å². The van der Waals surface area contributed by atoms with Crippen molar-refractivity contribution in [1.82, 2.24) is 20.1 Å². The van der Waals surface area contributed by atoms with Crippen molar-refractivity contribution in [2.45, 2.75) is 13.0 Å². The number of likely N-dealkylation sites (tertiary alicyclic amines) is 1. The zero-order chi connectivity index (χ0) is 19.5. The first-order chi connectivity index (χ1) is 13.6. The maximum atomic E-state index is 13.8. The third-order valence-electron chi connectivity index (χ3n) is 4.49. The van der Waals surface area contributed by atoms with E-state index in [-0.39, 0.29) is 18.0 Å². The second-order valence-electron chi connectivity index (χ2n) is 6.50. The smallest absolute Gasteiger partial charge is 0.323 e. The highest BCUT2D eigenvalue weighted by Crippen LogP contribution is 2.24. The van der Waals surface area contributed by atoms with Gasteiger partial charge in [-0.3, -0.25) is 5.32 Å². The molecule has 1 aliphatic heterocycles. The first kappa shape index (κ1) is 17.8. The number of anilines is 1. The summed E-state index contributed by atoms with van der Waals surface area (Å²) in [5.41, 5.74) is 2.02. The van der Waals surface area contributed by atoms with Crippen LogP contribution in [0, 0.1) is 12.7 Å². The van der Waals surface area contributed by atoms with Gasteiger partial charge in [0.05, 0.1) is 19.3 Å². The van der Waals surface area contributed by atoms with Gasteiger partial charge in [-0.1, -0.05) is 18.2 Å². The number of benzene rings is 1. The van der Waals surface area contributed by atoms with Crippen molar-refractivity contribution in [1.29, 1.82) is 0 Å². The minimum atomic E-state index is -0.294. The van der Waals surface area contributed by atoms with Gasteiger partial charge in [-0.15, -0.1) is 5.10 Å². The molecule has 0 atom stereocenters. The number of aryl methyl sites for hydroxylation is 1. The van der Waals surface area contributed by atoms with Crippen molar-refractivity contribution >= 4 is 11.8 Å². The first-order valence-corrected chi connectivity index (χ1v) is 8.82. The number of carbonyl (C=O) groups is 1. The van der Waals surface area contributed by atoms with Gasteiger partial charge in [0.2, 0.25) is 5.88 Å². The van der Waals surface area contributed by atoms with Crippen molar-refractivity contribution in [2.75, 3.05) is 18.4 Å². The number of halogens is 1. The number of aromatic nitrogens is 3. The van der Waals surface area contributed by atoms with Crippen LogP contribution in [0.2, 0.25) is 0 Å². The van der Waals surface area contributed by atoms with Crippen molar-refractivity contribution in [3.05, 3.63) is 66.2 Å². The van der Waals surface area contributed by atoms with Crippen LogP contribution in [-0.2, 0) is 0 Å². The summed E-state index contributed by atoms with van der Waals surface area (Å²) in [6.45, 7) is 2.74. The third-order valence-corrected chi connectivity index (χ3v) is 4.49. The van der Waals surface area contributed by atoms with Crippen LogP contribution in [-0.4, -0.2) is 45.3 Å². The van der Waals surface area contributed by atoms with E-state index in [0.29, 0.717) is 35.9 Å². The van der Waals surface area contributed by atoms with E-state index in [0.717, 1.165) is 5.56 Å². The Kier molecular flexibility index (Phi) is 4.84. The number of ether oxygens (including phenoxy) is 1. The van der Waals surface area contributed by atoms with Crippen LogP contribution in [0.5, 0.6) is 5.88 Å². The number of rotatable bonds is 4. The zero-order valence-corrected chi connectivity index (χ0v) is 15.2. The average Bonchev–Trinajstić information content (AvgIpc) is 2.67. The molecule has 8 heteroatoms. The van der Waals surface area contributed by atoms with E-state index in [4.69, 9.17) is 4.74 Å². The maximum absolute atomic E-state index is 13.8. The van der Waals surface area contributed by atoms with E-state index >= 15 is 0 Å². The number of urea groups is 1. The lowest BCUT2D eigenvalue weighted by atomic mass is 10.1. The summed E-state index contributed by atoms with van der Waals surface area (Å²) >= 11 is 0. The molecule has 1 saturated heterocycles. The van der Waals surface area contributed by atoms with Gasteiger partial charge in [0.15, 0.2) is 5.82 Å². The molecule has 142 valence electrons. The molecule has 3 aromatic rings. The van der Waals surface area contributed by atoms with Crippen LogP contribution < -0.4 is 10.1 Å². The van der Waals surface area contributed by atoms with Gasteiger partial charge in [-0.2, -0.15) is 5.10 Å². The van der Waals surface area contributed by atoms with Gasteiger partial charge in [0.25, 0.3) is 0 Å². The van der Waals surface area contributed by atoms with Crippen molar-refractivity contribution in [3.8, 4) is 17.0 Å². The molecule has 0 unspecified atom stereocenters. The van der Waals surface area contributed by atoms with Gasteiger partial charge < -0.3 is 9.64 Å². The lowest BCUT2D eigenvalue weighted by Gasteiger charge is -2.38. The minimum absolute atomic E-state index is 0.138. The average molecular weight is 379 g/mol. The Bertz CT molecular complexity index is 990. The fourth-order valence-electron chi connectivity index (χ4n) is 2.85. The normalized spacial score (nSPS) is 13.7. The molecule has 0 spiro atoms. The number of pyridine rings is 1. The molecule has 3 heterocycles. The van der Waals surface area contributed by atoms with E-state index in [1.165, 1.54) is 6.07 Å². The summed E-state index contributed by atoms with van der Waals surface area (Å²) in [5, 5.41) is 10.4. The Morgan fingerprint density at radius 2 is 2.04 bits per heavy atom. The molecule has 0 aliphatic carbocycles. The number of hydrogen-bond donors (Lipinski definition) is 1. The fraction of sp³-hybridized carbons (Fsp3) is 0.200. The monoisotopic (exact) mass is 379 g/mol. The Labute approximate surface area is 161 Å². The van der Waals surface area contributed by atoms with Gasteiger partial charge in [0, 0.05) is 23.4 Å². The highest BCUT2D eigenvalue weighted by atomic mass is 19.1. The van der Waals surface area contributed by atoms with Gasteiger partial charge in [0.1, 0.15) is 11.9 Å². The molecule has 0 saturated carbocycles. The molecule has 1 aliphatic rings. The summed E-state index contributed by atoms with van der Waals surface area (Å²) in [6.07, 6.45) is 3.01. The topological polar surface area (TPSA) is 80.2 Å². The maximum Gasteiger partial charge on any atom is 0.323 e. The van der Waals surface area contributed by atoms with Crippen LogP contribution in [0.1, 0.15) is 5.56 Å². The Morgan fingerprint density at radius 3 is 2.75 bits per heavy atom. The fourth-order valence-corrected chi connectivity index (χ4v) is 2.85. The lowest BCUT2D eigenvalue weighted by Crippen LogP contribution is -2.57. The van der Waals surface area contributed by atoms with Gasteiger partial charge in [-0.05, 0) is 30.7 Å². The summed E-state index contributed by atoms with van der Waals surface area (Å²) < 4.78 is 19.6. The van der Waals surface area contributed by atoms with Crippen LogP contribution in [0.3, 0.4) is 0 Å². The summed E-state index contributed by atoms with van der Waals surface area (Å²) in [4.78, 5) is 18.1. The lowest BCUT2D eigenvalue weighted by molar-refractivity contribution is 0.0461. The van der Waals surface area contributed by atoms with Crippen molar-refractivity contribution < 1.29 is 13.9 Å². The Morgan fingerprint density at radius 1 is 1.21 bits per heavy atom. The summed E-state index contributed by atoms with van der Waals surface area (Å²) in [5.74, 6) is 0.592. The molecular formula is C20H18FN5O2. The number of hydrogen-bond acceptors (Lipinski definition) is 5. The molecular weight excluding hydrogens is 361 g/mol. The highest BCUT2D eigenvalue weighted by molar-refractivity contribution is 5.89. The molecule has 2 aromatic heterocycles. The number of nitrogens with zero attached hydrogens (tertiary/aromatic N) is 4. The quantitative estimate of drug-likeness (QED) is 0.752. The molecule has 0 radical (unpaired) electrons. The second-order valence-corrected chi connectivity index (χ2v) is 6.50. The van der Waals surface area contributed by atoms with Crippen LogP contribution >= 0.6 is 0 Å². The molecule has 1 N–H and O–H groups in total. The highest BCUT2D eigenvalue weighted by Gasteiger charge is 2.33. The SMILES string of the molecule is Cc1ccnnc1NC(=O)N1CC(Oc2ccc(-c3ccccc3F)cn2)C1. The molecule has 28 heavy (non-hydrogen) atoms. The molecule has 2 amide bonds. The Balaban J connectivity index is 1.30. The van der Waals surface area contributed by atoms with Crippen LogP contribution in [0.25, 0.3) is 11.1 Å². The predicted molar refractivity (Wildman–Crippen MR) is 101 cm³/mol. The number of carbonyl (C=O) groups excluding carboxylic acids is 1. The minimum Gasteiger partial charge on any atom is -0.471 e. The van der Waals surface area contributed by atoms with E-state index in [2.05, 4.69) is 20.5 Å². The standard InChI is InChI=1S/C20H18FN5O2/c1-13-8-9-23-25-19(13)24-20(27)26-11-15(12-26)28-18-7-6-14(10-22-18)16-4-2-3-5-17(16)21/h2-10,15H,11-12H2,1H3,(H,24,25,27). The van der Waals surface area contributed by atoms with E-state index in [9.17, 15) is 9.18 Å². The largest absolute Gasteiger partial charge is 0.471 e. The van der Waals surface area contributed by atoms with E-state index in [1.54, 1.807) is 53.7 Å². The Hall–Kier alpha value is -3.55. The van der Waals surface area contributed by atoms with Crippen molar-refractivity contribution in [3.63, 3.8) is 0 Å². The second kappa shape index (κ2) is 7.59. The van der Waals surface area contributed by atoms with Gasteiger partial charge >= 0.3 is 6.03 Å². The van der Waals surface area contributed by atoms with Gasteiger partial charge in [-0.25, -0.2) is 14.2 Å². The molecule has 1 aromatic carbocycles. The molecule has 1 fully saturated rings. The van der Waals surface area contributed by atoms with Crippen molar-refractivity contribution in [2.24, 2.45) is 0 Å². The molecule has 4 rings (SSSR count). The van der Waals surface area contributed by atoms with E-state index in [1.807, 2.05) is 6.92 Å². The summed E-state index contributed by atoms with van der Waals surface area (Å²) in [6, 6.07) is 11.5. The number of amides is 2. The number of nitrogens with one attached hydrogen (secondary N) is 1. The van der Waals surface area contributed by atoms with Crippen LogP contribution in [0.15, 0.2) is 54.9 Å². The summed E-state index contributed by atoms with van der Waals surface area (Å²) in [7, 11) is 0. The molecule has 7 nitrogen and oxygen atoms in total. The predicted octanol–water partition coefficient (Wildman–Crippen LogP) is 3.28. The van der Waals surface area contributed by atoms with Crippen LogP contribution in [0.4, 0.5) is 15.0 Å².